The molecule has 0 radical (unpaired) electrons. The van der Waals surface area contributed by atoms with Crippen LogP contribution in [0.2, 0.25) is 0 Å². The van der Waals surface area contributed by atoms with Crippen LogP contribution in [0.15, 0.2) is 42.9 Å². The predicted octanol–water partition coefficient (Wildman–Crippen LogP) is 1.54. The molecule has 0 spiro atoms. The van der Waals surface area contributed by atoms with Crippen LogP contribution in [0.1, 0.15) is 53.5 Å². The zero-order valence-corrected chi connectivity index (χ0v) is 19.7. The van der Waals surface area contributed by atoms with Crippen molar-refractivity contribution in [3.8, 4) is 0 Å². The molecule has 1 aromatic heterocycles. The van der Waals surface area contributed by atoms with E-state index in [0.717, 1.165) is 0 Å². The Kier molecular flexibility index (Phi) is 5.96. The van der Waals surface area contributed by atoms with Crippen molar-refractivity contribution in [2.75, 3.05) is 37.6 Å². The molecular weight excluding hydrogens is 448 g/mol. The van der Waals surface area contributed by atoms with Gasteiger partial charge in [-0.15, -0.1) is 0 Å². The Hall–Kier alpha value is -3.82. The van der Waals surface area contributed by atoms with Crippen LogP contribution < -0.4 is 4.90 Å². The molecule has 10 heteroatoms. The summed E-state index contributed by atoms with van der Waals surface area (Å²) in [6.07, 6.45) is 6.22. The summed E-state index contributed by atoms with van der Waals surface area (Å²) in [6.45, 7) is 4.13. The molecule has 2 saturated heterocycles. The third-order valence-corrected chi connectivity index (χ3v) is 7.22. The highest BCUT2D eigenvalue weighted by Crippen LogP contribution is 2.44. The van der Waals surface area contributed by atoms with Crippen LogP contribution in [0.25, 0.3) is 0 Å². The molecule has 1 aromatic carbocycles. The summed E-state index contributed by atoms with van der Waals surface area (Å²) >= 11 is 0. The number of carbonyl (C=O) groups excluding carboxylic acids is 4. The molecule has 2 aromatic rings. The van der Waals surface area contributed by atoms with Crippen molar-refractivity contribution in [1.82, 2.24) is 24.7 Å². The molecule has 5 rings (SSSR count). The van der Waals surface area contributed by atoms with E-state index in [1.165, 1.54) is 18.6 Å². The van der Waals surface area contributed by atoms with Gasteiger partial charge in [0.1, 0.15) is 11.4 Å². The van der Waals surface area contributed by atoms with Gasteiger partial charge in [0.05, 0.1) is 17.4 Å². The zero-order chi connectivity index (χ0) is 24.6. The molecule has 0 bridgehead atoms. The lowest BCUT2D eigenvalue weighted by atomic mass is 9.98. The summed E-state index contributed by atoms with van der Waals surface area (Å²) in [5, 5.41) is 0. The van der Waals surface area contributed by atoms with E-state index in [4.69, 9.17) is 0 Å². The topological polar surface area (TPSA) is 107 Å². The van der Waals surface area contributed by atoms with Crippen molar-refractivity contribution in [2.45, 2.75) is 38.3 Å². The van der Waals surface area contributed by atoms with Gasteiger partial charge in [0.2, 0.25) is 11.8 Å². The van der Waals surface area contributed by atoms with Gasteiger partial charge in [0.15, 0.2) is 0 Å². The number of rotatable bonds is 5. The van der Waals surface area contributed by atoms with Crippen LogP contribution in [0, 0.1) is 0 Å². The molecule has 0 N–H and O–H groups in total. The van der Waals surface area contributed by atoms with E-state index in [0.29, 0.717) is 75.4 Å². The van der Waals surface area contributed by atoms with Crippen LogP contribution in [0.4, 0.5) is 5.69 Å². The van der Waals surface area contributed by atoms with Crippen molar-refractivity contribution in [3.63, 3.8) is 0 Å². The van der Waals surface area contributed by atoms with E-state index in [9.17, 15) is 19.2 Å². The molecule has 2 fully saturated rings. The summed E-state index contributed by atoms with van der Waals surface area (Å²) in [7, 11) is 0. The molecule has 3 aliphatic heterocycles. The summed E-state index contributed by atoms with van der Waals surface area (Å²) in [5.41, 5.74) is 0.782. The number of fused-ring (bicyclic) bond motifs is 3. The molecule has 1 unspecified atom stereocenters. The van der Waals surface area contributed by atoms with E-state index in [1.807, 2.05) is 19.1 Å². The fourth-order valence-corrected chi connectivity index (χ4v) is 5.32. The van der Waals surface area contributed by atoms with Gasteiger partial charge in [-0.25, -0.2) is 4.98 Å². The minimum Gasteiger partial charge on any atom is -0.339 e. The molecule has 182 valence electrons. The Morgan fingerprint density at radius 3 is 2.51 bits per heavy atom. The Morgan fingerprint density at radius 1 is 1.03 bits per heavy atom. The van der Waals surface area contributed by atoms with Crippen molar-refractivity contribution >= 4 is 29.3 Å². The minimum absolute atomic E-state index is 0.00553. The van der Waals surface area contributed by atoms with Gasteiger partial charge in [0.25, 0.3) is 11.8 Å². The van der Waals surface area contributed by atoms with Crippen LogP contribution in [-0.4, -0.2) is 86.7 Å². The zero-order valence-electron chi connectivity index (χ0n) is 19.7. The lowest BCUT2D eigenvalue weighted by Gasteiger charge is -2.48. The minimum atomic E-state index is -0.710. The van der Waals surface area contributed by atoms with Gasteiger partial charge < -0.3 is 14.7 Å². The number of hydrogen-bond donors (Lipinski definition) is 0. The van der Waals surface area contributed by atoms with Gasteiger partial charge in [-0.1, -0.05) is 12.1 Å². The molecule has 0 saturated carbocycles. The Labute approximate surface area is 203 Å². The van der Waals surface area contributed by atoms with Gasteiger partial charge >= 0.3 is 0 Å². The third kappa shape index (κ3) is 4.02. The van der Waals surface area contributed by atoms with Crippen molar-refractivity contribution < 1.29 is 19.2 Å². The Balaban J connectivity index is 1.18. The lowest BCUT2D eigenvalue weighted by Crippen LogP contribution is -2.62. The van der Waals surface area contributed by atoms with Gasteiger partial charge in [-0.3, -0.25) is 29.1 Å². The maximum absolute atomic E-state index is 13.3. The number of para-hydroxylation sites is 1. The molecule has 4 amide bonds. The average molecular weight is 477 g/mol. The van der Waals surface area contributed by atoms with Crippen molar-refractivity contribution in [1.29, 1.82) is 0 Å². The van der Waals surface area contributed by atoms with Gasteiger partial charge in [-0.2, -0.15) is 0 Å². The number of nitrogens with zero attached hydrogens (tertiary/aromatic N) is 6. The molecule has 3 aliphatic rings. The van der Waals surface area contributed by atoms with E-state index >= 15 is 0 Å². The van der Waals surface area contributed by atoms with E-state index in [2.05, 4.69) is 9.97 Å². The van der Waals surface area contributed by atoms with E-state index < -0.39 is 5.66 Å². The van der Waals surface area contributed by atoms with E-state index in [1.54, 1.807) is 31.7 Å². The molecule has 10 nitrogen and oxygen atoms in total. The first-order chi connectivity index (χ1) is 16.9. The second kappa shape index (κ2) is 9.09. The van der Waals surface area contributed by atoms with Crippen molar-refractivity contribution in [2.24, 2.45) is 0 Å². The summed E-state index contributed by atoms with van der Waals surface area (Å²) < 4.78 is 0. The maximum Gasteiger partial charge on any atom is 0.274 e. The highest BCUT2D eigenvalue weighted by atomic mass is 16.2. The largest absolute Gasteiger partial charge is 0.339 e. The monoisotopic (exact) mass is 476 g/mol. The number of aromatic nitrogens is 2. The van der Waals surface area contributed by atoms with Gasteiger partial charge in [-0.05, 0) is 31.9 Å². The highest BCUT2D eigenvalue weighted by molar-refractivity contribution is 6.10. The first kappa shape index (κ1) is 22.9. The second-order valence-corrected chi connectivity index (χ2v) is 9.29. The van der Waals surface area contributed by atoms with Crippen LogP contribution >= 0.6 is 0 Å². The van der Waals surface area contributed by atoms with Crippen LogP contribution in [0.3, 0.4) is 0 Å². The lowest BCUT2D eigenvalue weighted by molar-refractivity contribution is -0.133. The van der Waals surface area contributed by atoms with Crippen LogP contribution in [0.5, 0.6) is 0 Å². The molecule has 4 heterocycles. The quantitative estimate of drug-likeness (QED) is 0.648. The number of carbonyl (C=O) groups is 4. The second-order valence-electron chi connectivity index (χ2n) is 9.29. The number of anilines is 1. The Bertz CT molecular complexity index is 1160. The number of amides is 4. The molecule has 0 aliphatic carbocycles. The number of piperazine rings is 1. The smallest absolute Gasteiger partial charge is 0.274 e. The van der Waals surface area contributed by atoms with Crippen LogP contribution in [-0.2, 0) is 9.59 Å². The maximum atomic E-state index is 13.3. The first-order valence-electron chi connectivity index (χ1n) is 12.0. The fraction of sp³-hybridized carbons (Fsp3) is 0.440. The SMILES string of the molecule is CC12CCC(=O)N1c1ccccc1C(=O)N2CCCC(=O)N1CCN(C(=O)c2cnccn2)CC1. The molecular formula is C25H28N6O4. The standard InChI is InChI=1S/C25H28N6O4/c1-25-9-8-22(33)31(25)20-6-3-2-5-18(20)23(34)30(25)12-4-7-21(32)28-13-15-29(16-14-28)24(35)19-17-26-10-11-27-19/h2-3,5-6,10-11,17H,4,7-9,12-16H2,1H3. The molecule has 35 heavy (non-hydrogen) atoms. The van der Waals surface area contributed by atoms with Crippen molar-refractivity contribution in [3.05, 3.63) is 54.1 Å². The normalized spacial score (nSPS) is 21.7. The van der Waals surface area contributed by atoms with Gasteiger partial charge in [0, 0.05) is 58.0 Å². The summed E-state index contributed by atoms with van der Waals surface area (Å²) in [6, 6.07) is 7.22. The average Bonchev–Trinajstić information content (AvgIpc) is 3.21. The predicted molar refractivity (Wildman–Crippen MR) is 126 cm³/mol. The fourth-order valence-electron chi connectivity index (χ4n) is 5.32. The Morgan fingerprint density at radius 2 is 1.77 bits per heavy atom. The summed E-state index contributed by atoms with van der Waals surface area (Å²) in [5.74, 6) is -0.260. The third-order valence-electron chi connectivity index (χ3n) is 7.22. The number of benzene rings is 1. The highest BCUT2D eigenvalue weighted by Gasteiger charge is 2.52. The number of hydrogen-bond acceptors (Lipinski definition) is 6. The first-order valence-corrected chi connectivity index (χ1v) is 12.0. The van der Waals surface area contributed by atoms with E-state index in [-0.39, 0.29) is 23.6 Å². The summed E-state index contributed by atoms with van der Waals surface area (Å²) in [4.78, 5) is 66.3. The molecule has 1 atom stereocenters.